The molecule has 5 heteroatoms. The van der Waals surface area contributed by atoms with Crippen LogP contribution in [0.2, 0.25) is 0 Å². The highest BCUT2D eigenvalue weighted by Gasteiger charge is 2.23. The molecule has 0 bridgehead atoms. The smallest absolute Gasteiger partial charge is 0.220 e. The van der Waals surface area contributed by atoms with E-state index < -0.39 is 0 Å². The Bertz CT molecular complexity index is 630. The van der Waals surface area contributed by atoms with Crippen molar-refractivity contribution in [3.8, 4) is 0 Å². The van der Waals surface area contributed by atoms with Crippen LogP contribution in [0.3, 0.4) is 0 Å². The van der Waals surface area contributed by atoms with Crippen molar-refractivity contribution in [1.29, 1.82) is 0 Å². The fraction of sp³-hybridized carbons (Fsp3) is 0.588. The van der Waals surface area contributed by atoms with Crippen molar-refractivity contribution in [2.45, 2.75) is 57.9 Å². The zero-order chi connectivity index (χ0) is 15.4. The molecule has 1 fully saturated rings. The van der Waals surface area contributed by atoms with Gasteiger partial charge in [0.05, 0.1) is 6.04 Å². The molecule has 1 amide bonds. The monoisotopic (exact) mass is 300 g/mol. The number of aromatic nitrogens is 3. The minimum atomic E-state index is -0.0590. The predicted molar refractivity (Wildman–Crippen MR) is 85.4 cm³/mol. The molecule has 0 saturated heterocycles. The number of amides is 1. The van der Waals surface area contributed by atoms with E-state index in [-0.39, 0.29) is 11.9 Å². The average Bonchev–Trinajstić information content (AvgIpc) is 3.16. The van der Waals surface area contributed by atoms with Gasteiger partial charge in [0.1, 0.15) is 0 Å². The molecule has 1 N–H and O–H groups in total. The van der Waals surface area contributed by atoms with Gasteiger partial charge in [0, 0.05) is 12.6 Å². The lowest BCUT2D eigenvalue weighted by atomic mass is 10.0. The van der Waals surface area contributed by atoms with Crippen LogP contribution in [0, 0.1) is 5.92 Å². The summed E-state index contributed by atoms with van der Waals surface area (Å²) in [6.45, 7) is 2.12. The lowest BCUT2D eigenvalue weighted by Gasteiger charge is -2.18. The lowest BCUT2D eigenvalue weighted by molar-refractivity contribution is -0.122. The number of nitrogens with zero attached hydrogens (tertiary/aromatic N) is 3. The van der Waals surface area contributed by atoms with Gasteiger partial charge in [0.2, 0.25) is 5.91 Å². The third-order valence-corrected chi connectivity index (χ3v) is 4.51. The molecule has 2 aromatic heterocycles. The summed E-state index contributed by atoms with van der Waals surface area (Å²) in [4.78, 5) is 12.3. The van der Waals surface area contributed by atoms with Gasteiger partial charge in [-0.3, -0.25) is 9.20 Å². The molecule has 0 spiro atoms. The predicted octanol–water partition coefficient (Wildman–Crippen LogP) is 3.27. The Morgan fingerprint density at radius 1 is 1.36 bits per heavy atom. The molecule has 2 aromatic rings. The van der Waals surface area contributed by atoms with Crippen LogP contribution in [0.4, 0.5) is 0 Å². The lowest BCUT2D eigenvalue weighted by Crippen LogP contribution is -2.31. The van der Waals surface area contributed by atoms with Gasteiger partial charge in [-0.1, -0.05) is 32.3 Å². The van der Waals surface area contributed by atoms with Crippen molar-refractivity contribution in [1.82, 2.24) is 19.9 Å². The maximum atomic E-state index is 12.3. The highest BCUT2D eigenvalue weighted by atomic mass is 16.1. The van der Waals surface area contributed by atoms with E-state index in [9.17, 15) is 4.79 Å². The van der Waals surface area contributed by atoms with Gasteiger partial charge in [-0.2, -0.15) is 0 Å². The molecule has 1 aliphatic carbocycles. The van der Waals surface area contributed by atoms with Crippen molar-refractivity contribution in [3.63, 3.8) is 0 Å². The minimum absolute atomic E-state index is 0.0590. The molecular weight excluding hydrogens is 276 g/mol. The molecule has 0 unspecified atom stereocenters. The van der Waals surface area contributed by atoms with E-state index >= 15 is 0 Å². The standard InChI is InChI=1S/C17H24N4O/c1-2-7-14(18-16(22)12-13-8-3-4-9-13)17-20-19-15-10-5-6-11-21(15)17/h5-6,10-11,13-14H,2-4,7-9,12H2,1H3,(H,18,22)/t14-/m0/s1. The highest BCUT2D eigenvalue weighted by molar-refractivity contribution is 5.76. The number of nitrogens with one attached hydrogen (secondary N) is 1. The van der Waals surface area contributed by atoms with E-state index in [2.05, 4.69) is 22.4 Å². The molecule has 1 aliphatic rings. The molecule has 1 saturated carbocycles. The maximum Gasteiger partial charge on any atom is 0.220 e. The second-order valence-corrected chi connectivity index (χ2v) is 6.25. The molecule has 1 atom stereocenters. The van der Waals surface area contributed by atoms with Crippen molar-refractivity contribution < 1.29 is 4.79 Å². The largest absolute Gasteiger partial charge is 0.346 e. The van der Waals surface area contributed by atoms with Crippen LogP contribution in [-0.2, 0) is 4.79 Å². The van der Waals surface area contributed by atoms with Crippen LogP contribution < -0.4 is 5.32 Å². The first kappa shape index (κ1) is 15.0. The summed E-state index contributed by atoms with van der Waals surface area (Å²) in [5, 5.41) is 11.7. The second-order valence-electron chi connectivity index (χ2n) is 6.25. The van der Waals surface area contributed by atoms with Gasteiger partial charge in [-0.25, -0.2) is 0 Å². The number of carbonyl (C=O) groups excluding carboxylic acids is 1. The normalized spacial score (nSPS) is 17.0. The van der Waals surface area contributed by atoms with Gasteiger partial charge in [0.15, 0.2) is 11.5 Å². The summed E-state index contributed by atoms with van der Waals surface area (Å²) in [5.41, 5.74) is 0.823. The summed E-state index contributed by atoms with van der Waals surface area (Å²) >= 11 is 0. The minimum Gasteiger partial charge on any atom is -0.346 e. The number of rotatable bonds is 6. The molecule has 22 heavy (non-hydrogen) atoms. The summed E-state index contributed by atoms with van der Waals surface area (Å²) in [7, 11) is 0. The Hall–Kier alpha value is -1.91. The summed E-state index contributed by atoms with van der Waals surface area (Å²) < 4.78 is 1.97. The van der Waals surface area contributed by atoms with E-state index in [4.69, 9.17) is 0 Å². The molecule has 118 valence electrons. The third-order valence-electron chi connectivity index (χ3n) is 4.51. The maximum absolute atomic E-state index is 12.3. The van der Waals surface area contributed by atoms with Gasteiger partial charge in [-0.15, -0.1) is 10.2 Å². The zero-order valence-electron chi connectivity index (χ0n) is 13.2. The molecule has 3 rings (SSSR count). The Morgan fingerprint density at radius 2 is 2.18 bits per heavy atom. The SMILES string of the molecule is CCC[C@H](NC(=O)CC1CCCC1)c1nnc2ccccn12. The van der Waals surface area contributed by atoms with Crippen molar-refractivity contribution in [2.75, 3.05) is 0 Å². The number of fused-ring (bicyclic) bond motifs is 1. The Balaban J connectivity index is 1.73. The summed E-state index contributed by atoms with van der Waals surface area (Å²) in [6.07, 6.45) is 9.41. The van der Waals surface area contributed by atoms with Crippen LogP contribution in [0.5, 0.6) is 0 Å². The van der Waals surface area contributed by atoms with E-state index in [0.717, 1.165) is 24.3 Å². The van der Waals surface area contributed by atoms with E-state index in [1.807, 2.05) is 28.8 Å². The van der Waals surface area contributed by atoms with E-state index in [1.165, 1.54) is 25.7 Å². The first-order valence-corrected chi connectivity index (χ1v) is 8.37. The average molecular weight is 300 g/mol. The Kier molecular flexibility index (Phi) is 4.71. The fourth-order valence-electron chi connectivity index (χ4n) is 3.38. The van der Waals surface area contributed by atoms with Gasteiger partial charge in [0.25, 0.3) is 0 Å². The van der Waals surface area contributed by atoms with Gasteiger partial charge < -0.3 is 5.32 Å². The van der Waals surface area contributed by atoms with Crippen molar-refractivity contribution >= 4 is 11.6 Å². The third kappa shape index (κ3) is 3.29. The van der Waals surface area contributed by atoms with Crippen LogP contribution in [0.25, 0.3) is 5.65 Å². The van der Waals surface area contributed by atoms with E-state index in [0.29, 0.717) is 12.3 Å². The number of carbonyl (C=O) groups is 1. The van der Waals surface area contributed by atoms with Crippen LogP contribution in [-0.4, -0.2) is 20.5 Å². The number of hydrogen-bond acceptors (Lipinski definition) is 3. The fourth-order valence-corrected chi connectivity index (χ4v) is 3.38. The van der Waals surface area contributed by atoms with Crippen molar-refractivity contribution in [3.05, 3.63) is 30.2 Å². The van der Waals surface area contributed by atoms with Crippen molar-refractivity contribution in [2.24, 2.45) is 5.92 Å². The topological polar surface area (TPSA) is 59.3 Å². The highest BCUT2D eigenvalue weighted by Crippen LogP contribution is 2.28. The molecule has 0 radical (unpaired) electrons. The Labute approximate surface area is 131 Å². The molecule has 0 aliphatic heterocycles. The zero-order valence-corrected chi connectivity index (χ0v) is 13.2. The Morgan fingerprint density at radius 3 is 2.95 bits per heavy atom. The second kappa shape index (κ2) is 6.90. The molecule has 2 heterocycles. The molecule has 5 nitrogen and oxygen atoms in total. The summed E-state index contributed by atoms with van der Waals surface area (Å²) in [6, 6.07) is 5.78. The van der Waals surface area contributed by atoms with Crippen LogP contribution in [0.15, 0.2) is 24.4 Å². The van der Waals surface area contributed by atoms with Crippen LogP contribution in [0.1, 0.15) is 63.7 Å². The number of pyridine rings is 1. The van der Waals surface area contributed by atoms with Crippen LogP contribution >= 0.6 is 0 Å². The molecule has 0 aromatic carbocycles. The first-order chi connectivity index (χ1) is 10.8. The number of hydrogen-bond donors (Lipinski definition) is 1. The van der Waals surface area contributed by atoms with Gasteiger partial charge in [-0.05, 0) is 37.3 Å². The molecular formula is C17H24N4O. The first-order valence-electron chi connectivity index (χ1n) is 8.37. The van der Waals surface area contributed by atoms with E-state index in [1.54, 1.807) is 0 Å². The quantitative estimate of drug-likeness (QED) is 0.890. The summed E-state index contributed by atoms with van der Waals surface area (Å²) in [5.74, 6) is 1.55. The van der Waals surface area contributed by atoms with Gasteiger partial charge >= 0.3 is 0 Å².